The van der Waals surface area contributed by atoms with Crippen LogP contribution in [0.4, 0.5) is 10.1 Å². The molecule has 0 spiro atoms. The van der Waals surface area contributed by atoms with Gasteiger partial charge in [-0.3, -0.25) is 0 Å². The molecule has 1 nitrogen and oxygen atoms in total. The molecule has 0 heterocycles. The predicted molar refractivity (Wildman–Crippen MR) is 73.3 cm³/mol. The van der Waals surface area contributed by atoms with Crippen LogP contribution in [0.1, 0.15) is 19.8 Å². The molecule has 3 heteroatoms. The van der Waals surface area contributed by atoms with Gasteiger partial charge in [-0.2, -0.15) is 0 Å². The van der Waals surface area contributed by atoms with Crippen LogP contribution < -0.4 is 5.32 Å². The predicted octanol–water partition coefficient (Wildman–Crippen LogP) is 4.49. The van der Waals surface area contributed by atoms with Crippen molar-refractivity contribution < 1.29 is 4.39 Å². The largest absolute Gasteiger partial charge is 0.381 e. The highest BCUT2D eigenvalue weighted by Crippen LogP contribution is 2.45. The molecule has 0 aromatic heterocycles. The van der Waals surface area contributed by atoms with E-state index >= 15 is 0 Å². The zero-order valence-corrected chi connectivity index (χ0v) is 11.1. The van der Waals surface area contributed by atoms with Gasteiger partial charge in [0.2, 0.25) is 0 Å². The van der Waals surface area contributed by atoms with Crippen LogP contribution in [0.15, 0.2) is 30.4 Å². The van der Waals surface area contributed by atoms with Gasteiger partial charge in [0.05, 0.1) is 10.7 Å². The van der Waals surface area contributed by atoms with Gasteiger partial charge in [0.25, 0.3) is 0 Å². The van der Waals surface area contributed by atoms with E-state index in [0.717, 1.165) is 11.6 Å². The highest BCUT2D eigenvalue weighted by molar-refractivity contribution is 6.33. The van der Waals surface area contributed by atoms with Crippen LogP contribution >= 0.6 is 11.6 Å². The molecule has 4 atom stereocenters. The first kappa shape index (κ1) is 12.0. The van der Waals surface area contributed by atoms with Crippen molar-refractivity contribution in [3.05, 3.63) is 41.2 Å². The topological polar surface area (TPSA) is 12.0 Å². The molecule has 2 bridgehead atoms. The summed E-state index contributed by atoms with van der Waals surface area (Å²) < 4.78 is 13.0. The Labute approximate surface area is 112 Å². The van der Waals surface area contributed by atoms with Gasteiger partial charge in [0.15, 0.2) is 0 Å². The summed E-state index contributed by atoms with van der Waals surface area (Å²) in [6.07, 6.45) is 7.25. The Morgan fingerprint density at radius 3 is 2.78 bits per heavy atom. The molecular weight excluding hydrogens is 249 g/mol. The minimum absolute atomic E-state index is 0.291. The molecule has 1 aromatic carbocycles. The van der Waals surface area contributed by atoms with Crippen molar-refractivity contribution in [1.29, 1.82) is 0 Å². The van der Waals surface area contributed by atoms with E-state index in [9.17, 15) is 4.39 Å². The second-order valence-corrected chi connectivity index (χ2v) is 5.91. The highest BCUT2D eigenvalue weighted by atomic mass is 35.5. The lowest BCUT2D eigenvalue weighted by Crippen LogP contribution is -2.28. The summed E-state index contributed by atoms with van der Waals surface area (Å²) >= 11 is 6.04. The Bertz CT molecular complexity index is 485. The lowest BCUT2D eigenvalue weighted by Gasteiger charge is -2.27. The normalized spacial score (nSPS) is 30.7. The van der Waals surface area contributed by atoms with Gasteiger partial charge in [-0.15, -0.1) is 0 Å². The lowest BCUT2D eigenvalue weighted by molar-refractivity contribution is 0.400. The van der Waals surface area contributed by atoms with Crippen molar-refractivity contribution in [2.24, 2.45) is 17.8 Å². The number of halogens is 2. The number of hydrogen-bond acceptors (Lipinski definition) is 1. The van der Waals surface area contributed by atoms with E-state index in [2.05, 4.69) is 24.4 Å². The van der Waals surface area contributed by atoms with Crippen LogP contribution in [0, 0.1) is 23.6 Å². The third-order valence-electron chi connectivity index (χ3n) is 4.29. The summed E-state index contributed by atoms with van der Waals surface area (Å²) in [7, 11) is 0. The monoisotopic (exact) mass is 265 g/mol. The maximum Gasteiger partial charge on any atom is 0.124 e. The van der Waals surface area contributed by atoms with Crippen LogP contribution in [0.2, 0.25) is 5.02 Å². The van der Waals surface area contributed by atoms with Crippen LogP contribution in [-0.4, -0.2) is 6.04 Å². The van der Waals surface area contributed by atoms with Crippen LogP contribution in [0.25, 0.3) is 0 Å². The minimum Gasteiger partial charge on any atom is -0.381 e. The van der Waals surface area contributed by atoms with Crippen LogP contribution in [-0.2, 0) is 0 Å². The van der Waals surface area contributed by atoms with Crippen molar-refractivity contribution in [2.75, 3.05) is 5.32 Å². The Hall–Kier alpha value is -1.02. The van der Waals surface area contributed by atoms with Gasteiger partial charge in [-0.1, -0.05) is 23.8 Å². The van der Waals surface area contributed by atoms with Gasteiger partial charge in [0, 0.05) is 6.04 Å². The first-order chi connectivity index (χ1) is 8.63. The average Bonchev–Trinajstić information content (AvgIpc) is 2.94. The number of benzene rings is 1. The van der Waals surface area contributed by atoms with E-state index in [-0.39, 0.29) is 5.82 Å². The molecule has 18 heavy (non-hydrogen) atoms. The first-order valence-corrected chi connectivity index (χ1v) is 6.91. The Kier molecular flexibility index (Phi) is 3.06. The molecule has 96 valence electrons. The fourth-order valence-electron chi connectivity index (χ4n) is 3.36. The Morgan fingerprint density at radius 1 is 1.33 bits per heavy atom. The van der Waals surface area contributed by atoms with Crippen molar-refractivity contribution >= 4 is 17.3 Å². The first-order valence-electron chi connectivity index (χ1n) is 6.53. The number of rotatable bonds is 3. The fraction of sp³-hybridized carbons (Fsp3) is 0.467. The summed E-state index contributed by atoms with van der Waals surface area (Å²) in [6.45, 7) is 2.19. The number of hydrogen-bond donors (Lipinski definition) is 1. The summed E-state index contributed by atoms with van der Waals surface area (Å²) in [5, 5.41) is 3.89. The van der Waals surface area contributed by atoms with E-state index < -0.39 is 0 Å². The van der Waals surface area contributed by atoms with Crippen molar-refractivity contribution in [3.8, 4) is 0 Å². The zero-order chi connectivity index (χ0) is 12.7. The standard InChI is InChI=1S/C15H17ClFN/c1-9(13-7-10-2-3-11(13)6-10)18-15-5-4-12(17)8-14(15)16/h2-5,8-11,13,18H,6-7H2,1H3. The number of anilines is 1. The van der Waals surface area contributed by atoms with Gasteiger partial charge in [-0.05, 0) is 55.7 Å². The summed E-state index contributed by atoms with van der Waals surface area (Å²) in [6, 6.07) is 4.89. The van der Waals surface area contributed by atoms with Gasteiger partial charge >= 0.3 is 0 Å². The molecular formula is C15H17ClFN. The zero-order valence-electron chi connectivity index (χ0n) is 10.4. The molecule has 3 rings (SSSR count). The quantitative estimate of drug-likeness (QED) is 0.794. The fourth-order valence-corrected chi connectivity index (χ4v) is 3.58. The molecule has 1 aromatic rings. The summed E-state index contributed by atoms with van der Waals surface area (Å²) in [5.74, 6) is 1.85. The van der Waals surface area contributed by atoms with Gasteiger partial charge in [0.1, 0.15) is 5.82 Å². The number of nitrogens with one attached hydrogen (secondary N) is 1. The molecule has 2 aliphatic rings. The molecule has 1 N–H and O–H groups in total. The molecule has 0 aliphatic heterocycles. The van der Waals surface area contributed by atoms with E-state index in [4.69, 9.17) is 11.6 Å². The second kappa shape index (κ2) is 4.58. The SMILES string of the molecule is CC(Nc1ccc(F)cc1Cl)C1CC2C=CC1C2. The molecule has 1 saturated carbocycles. The second-order valence-electron chi connectivity index (χ2n) is 5.50. The van der Waals surface area contributed by atoms with Gasteiger partial charge in [-0.25, -0.2) is 4.39 Å². The molecule has 1 fully saturated rings. The van der Waals surface area contributed by atoms with Crippen molar-refractivity contribution in [3.63, 3.8) is 0 Å². The van der Waals surface area contributed by atoms with E-state index in [0.29, 0.717) is 22.9 Å². The molecule has 0 radical (unpaired) electrons. The summed E-state index contributed by atoms with van der Waals surface area (Å²) in [4.78, 5) is 0. The van der Waals surface area contributed by atoms with E-state index in [1.54, 1.807) is 6.07 Å². The molecule has 0 amide bonds. The van der Waals surface area contributed by atoms with E-state index in [1.165, 1.54) is 25.0 Å². The number of allylic oxidation sites excluding steroid dienone is 2. The summed E-state index contributed by atoms with van der Waals surface area (Å²) in [5.41, 5.74) is 0.831. The Balaban J connectivity index is 1.71. The average molecular weight is 266 g/mol. The Morgan fingerprint density at radius 2 is 2.17 bits per heavy atom. The maximum absolute atomic E-state index is 13.0. The van der Waals surface area contributed by atoms with Crippen molar-refractivity contribution in [1.82, 2.24) is 0 Å². The van der Waals surface area contributed by atoms with Crippen molar-refractivity contribution in [2.45, 2.75) is 25.8 Å². The number of fused-ring (bicyclic) bond motifs is 2. The maximum atomic E-state index is 13.0. The molecule has 0 saturated heterocycles. The third kappa shape index (κ3) is 2.14. The van der Waals surface area contributed by atoms with Gasteiger partial charge < -0.3 is 5.32 Å². The van der Waals surface area contributed by atoms with E-state index in [1.807, 2.05) is 0 Å². The van der Waals surface area contributed by atoms with Crippen LogP contribution in [0.3, 0.4) is 0 Å². The third-order valence-corrected chi connectivity index (χ3v) is 4.60. The van der Waals surface area contributed by atoms with Crippen LogP contribution in [0.5, 0.6) is 0 Å². The highest BCUT2D eigenvalue weighted by Gasteiger charge is 2.38. The smallest absolute Gasteiger partial charge is 0.124 e. The lowest BCUT2D eigenvalue weighted by atomic mass is 9.87. The minimum atomic E-state index is -0.291. The molecule has 2 aliphatic carbocycles. The molecule has 4 unspecified atom stereocenters.